The predicted molar refractivity (Wildman–Crippen MR) is 95.2 cm³/mol. The van der Waals surface area contributed by atoms with Crippen molar-refractivity contribution in [1.29, 1.82) is 0 Å². The number of aromatic nitrogens is 2. The quantitative estimate of drug-likeness (QED) is 0.910. The topological polar surface area (TPSA) is 53.5 Å². The molecule has 2 aromatic rings. The summed E-state index contributed by atoms with van der Waals surface area (Å²) >= 11 is 0. The first-order valence-corrected chi connectivity index (χ1v) is 7.57. The third-order valence-corrected chi connectivity index (χ3v) is 3.57. The first-order chi connectivity index (χ1) is 11.1. The standard InChI is InChI=1S/C16H20FN5O.ClH/c1-21(2)14-11-15(23-13-5-3-12(17)4-6-13)20-16(19-14)22-9-7-18-8-10-22;/h3-6,11,18H,7-10H2,1-2H3;1H. The monoisotopic (exact) mass is 353 g/mol. The molecule has 1 N–H and O–H groups in total. The van der Waals surface area contributed by atoms with Crippen LogP contribution >= 0.6 is 12.4 Å². The number of nitrogens with one attached hydrogen (secondary N) is 1. The first-order valence-electron chi connectivity index (χ1n) is 7.57. The van der Waals surface area contributed by atoms with Crippen molar-refractivity contribution in [2.24, 2.45) is 0 Å². The van der Waals surface area contributed by atoms with Crippen LogP contribution in [0.25, 0.3) is 0 Å². The lowest BCUT2D eigenvalue weighted by atomic mass is 10.3. The highest BCUT2D eigenvalue weighted by molar-refractivity contribution is 5.85. The maximum absolute atomic E-state index is 13.0. The number of ether oxygens (including phenoxy) is 1. The number of piperazine rings is 1. The van der Waals surface area contributed by atoms with Gasteiger partial charge in [0.05, 0.1) is 0 Å². The summed E-state index contributed by atoms with van der Waals surface area (Å²) < 4.78 is 18.8. The Bertz CT molecular complexity index is 662. The van der Waals surface area contributed by atoms with Gasteiger partial charge in [-0.3, -0.25) is 0 Å². The molecule has 1 aliphatic heterocycles. The Morgan fingerprint density at radius 2 is 1.79 bits per heavy atom. The van der Waals surface area contributed by atoms with Crippen molar-refractivity contribution in [1.82, 2.24) is 15.3 Å². The lowest BCUT2D eigenvalue weighted by Crippen LogP contribution is -2.44. The van der Waals surface area contributed by atoms with Crippen molar-refractivity contribution >= 4 is 24.2 Å². The number of rotatable bonds is 4. The molecule has 0 atom stereocenters. The van der Waals surface area contributed by atoms with E-state index in [0.717, 1.165) is 32.0 Å². The van der Waals surface area contributed by atoms with Crippen molar-refractivity contribution in [3.63, 3.8) is 0 Å². The molecule has 0 saturated carbocycles. The molecule has 6 nitrogen and oxygen atoms in total. The third kappa shape index (κ3) is 4.46. The summed E-state index contributed by atoms with van der Waals surface area (Å²) in [6, 6.07) is 7.66. The van der Waals surface area contributed by atoms with Crippen molar-refractivity contribution in [3.05, 3.63) is 36.1 Å². The van der Waals surface area contributed by atoms with E-state index in [0.29, 0.717) is 17.6 Å². The van der Waals surface area contributed by atoms with Gasteiger partial charge < -0.3 is 19.9 Å². The number of hydrogen-bond donors (Lipinski definition) is 1. The van der Waals surface area contributed by atoms with Gasteiger partial charge in [0, 0.05) is 46.3 Å². The molecule has 1 aromatic heterocycles. The molecule has 3 rings (SSSR count). The molecular weight excluding hydrogens is 333 g/mol. The third-order valence-electron chi connectivity index (χ3n) is 3.57. The van der Waals surface area contributed by atoms with Crippen molar-refractivity contribution in [2.75, 3.05) is 50.1 Å². The van der Waals surface area contributed by atoms with E-state index in [2.05, 4.69) is 20.2 Å². The van der Waals surface area contributed by atoms with Gasteiger partial charge in [-0.15, -0.1) is 12.4 Å². The molecule has 0 radical (unpaired) electrons. The molecule has 0 amide bonds. The molecule has 1 aromatic carbocycles. The van der Waals surface area contributed by atoms with Gasteiger partial charge in [0.25, 0.3) is 0 Å². The van der Waals surface area contributed by atoms with Gasteiger partial charge in [-0.1, -0.05) is 0 Å². The van der Waals surface area contributed by atoms with Gasteiger partial charge in [0.1, 0.15) is 17.4 Å². The Kier molecular flexibility index (Phi) is 6.16. The summed E-state index contributed by atoms with van der Waals surface area (Å²) in [4.78, 5) is 13.1. The minimum absolute atomic E-state index is 0. The van der Waals surface area contributed by atoms with E-state index in [4.69, 9.17) is 4.74 Å². The summed E-state index contributed by atoms with van der Waals surface area (Å²) in [5, 5.41) is 3.31. The number of benzene rings is 1. The minimum Gasteiger partial charge on any atom is -0.439 e. The fraction of sp³-hybridized carbons (Fsp3) is 0.375. The number of halogens is 2. The van der Waals surface area contributed by atoms with E-state index in [1.54, 1.807) is 18.2 Å². The van der Waals surface area contributed by atoms with Crippen molar-refractivity contribution in [3.8, 4) is 11.6 Å². The van der Waals surface area contributed by atoms with E-state index in [9.17, 15) is 4.39 Å². The fourth-order valence-electron chi connectivity index (χ4n) is 2.31. The van der Waals surface area contributed by atoms with Crippen molar-refractivity contribution in [2.45, 2.75) is 0 Å². The summed E-state index contributed by atoms with van der Waals surface area (Å²) in [6.45, 7) is 3.52. The van der Waals surface area contributed by atoms with E-state index in [1.807, 2.05) is 19.0 Å². The summed E-state index contributed by atoms with van der Waals surface area (Å²) in [5.74, 6) is 2.11. The van der Waals surface area contributed by atoms with E-state index in [1.165, 1.54) is 12.1 Å². The fourth-order valence-corrected chi connectivity index (χ4v) is 2.31. The van der Waals surface area contributed by atoms with Crippen LogP contribution in [0.5, 0.6) is 11.6 Å². The van der Waals surface area contributed by atoms with Crippen LogP contribution in [0, 0.1) is 5.82 Å². The average molecular weight is 354 g/mol. The second-order valence-electron chi connectivity index (χ2n) is 5.55. The normalized spacial score (nSPS) is 14.0. The van der Waals surface area contributed by atoms with E-state index < -0.39 is 0 Å². The molecular formula is C16H21ClFN5O. The molecule has 1 aliphatic rings. The largest absolute Gasteiger partial charge is 0.439 e. The highest BCUT2D eigenvalue weighted by atomic mass is 35.5. The van der Waals surface area contributed by atoms with E-state index in [-0.39, 0.29) is 18.2 Å². The number of anilines is 2. The highest BCUT2D eigenvalue weighted by Crippen LogP contribution is 2.25. The molecule has 0 bridgehead atoms. The maximum Gasteiger partial charge on any atom is 0.230 e. The first kappa shape index (κ1) is 18.2. The molecule has 130 valence electrons. The molecule has 1 fully saturated rings. The number of hydrogen-bond acceptors (Lipinski definition) is 6. The molecule has 2 heterocycles. The Morgan fingerprint density at radius 3 is 2.42 bits per heavy atom. The molecule has 8 heteroatoms. The Morgan fingerprint density at radius 1 is 1.12 bits per heavy atom. The van der Waals surface area contributed by atoms with Crippen LogP contribution < -0.4 is 19.9 Å². The van der Waals surface area contributed by atoms with Crippen LogP contribution in [0.15, 0.2) is 30.3 Å². The number of nitrogens with zero attached hydrogens (tertiary/aromatic N) is 4. The van der Waals surface area contributed by atoms with Crippen LogP contribution in [-0.4, -0.2) is 50.2 Å². The van der Waals surface area contributed by atoms with Gasteiger partial charge in [0.2, 0.25) is 11.8 Å². The summed E-state index contributed by atoms with van der Waals surface area (Å²) in [7, 11) is 3.84. The predicted octanol–water partition coefficient (Wildman–Crippen LogP) is 2.31. The van der Waals surface area contributed by atoms with Gasteiger partial charge >= 0.3 is 0 Å². The lowest BCUT2D eigenvalue weighted by molar-refractivity contribution is 0.458. The molecule has 0 spiro atoms. The Labute approximate surface area is 147 Å². The second kappa shape index (κ2) is 8.12. The zero-order valence-corrected chi connectivity index (χ0v) is 14.5. The van der Waals surface area contributed by atoms with Gasteiger partial charge in [-0.2, -0.15) is 9.97 Å². The van der Waals surface area contributed by atoms with Gasteiger partial charge in [-0.25, -0.2) is 4.39 Å². The molecule has 24 heavy (non-hydrogen) atoms. The maximum atomic E-state index is 13.0. The van der Waals surface area contributed by atoms with Crippen LogP contribution in [0.1, 0.15) is 0 Å². The zero-order chi connectivity index (χ0) is 16.2. The van der Waals surface area contributed by atoms with Gasteiger partial charge in [-0.05, 0) is 24.3 Å². The molecule has 0 aliphatic carbocycles. The van der Waals surface area contributed by atoms with Crippen LogP contribution in [0.3, 0.4) is 0 Å². The van der Waals surface area contributed by atoms with Gasteiger partial charge in [0.15, 0.2) is 0 Å². The Hall–Kier alpha value is -2.12. The lowest BCUT2D eigenvalue weighted by Gasteiger charge is -2.28. The zero-order valence-electron chi connectivity index (χ0n) is 13.7. The summed E-state index contributed by atoms with van der Waals surface area (Å²) in [6.07, 6.45) is 0. The van der Waals surface area contributed by atoms with Crippen LogP contribution in [0.2, 0.25) is 0 Å². The smallest absolute Gasteiger partial charge is 0.230 e. The Balaban J connectivity index is 0.00000208. The molecule has 1 saturated heterocycles. The van der Waals surface area contributed by atoms with E-state index >= 15 is 0 Å². The SMILES string of the molecule is CN(C)c1cc(Oc2ccc(F)cc2)nc(N2CCNCC2)n1.Cl. The summed E-state index contributed by atoms with van der Waals surface area (Å²) in [5.41, 5.74) is 0. The van der Waals surface area contributed by atoms with Crippen molar-refractivity contribution < 1.29 is 9.13 Å². The van der Waals surface area contributed by atoms with Crippen LogP contribution in [0.4, 0.5) is 16.2 Å². The van der Waals surface area contributed by atoms with Crippen LogP contribution in [-0.2, 0) is 0 Å². The minimum atomic E-state index is -0.296. The highest BCUT2D eigenvalue weighted by Gasteiger charge is 2.16. The average Bonchev–Trinajstić information content (AvgIpc) is 2.57. The second-order valence-corrected chi connectivity index (χ2v) is 5.55. The molecule has 0 unspecified atom stereocenters.